The molecule has 1 atom stereocenters. The molecule has 5 nitrogen and oxygen atoms in total. The van der Waals surface area contributed by atoms with Crippen LogP contribution < -0.4 is 4.74 Å². The SMILES string of the molecule is O=C(c1ccc(F)cc1)N1CCN(C[C@@H](O)COc2ccc(Br)cc2)CC1. The van der Waals surface area contributed by atoms with Crippen LogP contribution in [-0.4, -0.2) is 66.2 Å². The van der Waals surface area contributed by atoms with Gasteiger partial charge in [0.2, 0.25) is 0 Å². The Morgan fingerprint density at radius 1 is 1.07 bits per heavy atom. The summed E-state index contributed by atoms with van der Waals surface area (Å²) in [6.07, 6.45) is -0.604. The molecule has 2 aromatic carbocycles. The fourth-order valence-corrected chi connectivity index (χ4v) is 3.25. The quantitative estimate of drug-likeness (QED) is 0.756. The predicted octanol–water partition coefficient (Wildman–Crippen LogP) is 2.79. The zero-order valence-corrected chi connectivity index (χ0v) is 16.4. The van der Waals surface area contributed by atoms with E-state index >= 15 is 0 Å². The molecular formula is C20H22BrFN2O3. The summed E-state index contributed by atoms with van der Waals surface area (Å²) in [5, 5.41) is 10.2. The van der Waals surface area contributed by atoms with Gasteiger partial charge in [-0.05, 0) is 48.5 Å². The summed E-state index contributed by atoms with van der Waals surface area (Å²) < 4.78 is 19.6. The van der Waals surface area contributed by atoms with Crippen LogP contribution in [0.1, 0.15) is 10.4 Å². The summed E-state index contributed by atoms with van der Waals surface area (Å²) in [6.45, 7) is 3.24. The lowest BCUT2D eigenvalue weighted by Gasteiger charge is -2.35. The minimum atomic E-state index is -0.604. The number of ether oxygens (including phenoxy) is 1. The van der Waals surface area contributed by atoms with Crippen molar-refractivity contribution in [2.45, 2.75) is 6.10 Å². The summed E-state index contributed by atoms with van der Waals surface area (Å²) >= 11 is 3.37. The van der Waals surface area contributed by atoms with Gasteiger partial charge in [-0.3, -0.25) is 9.69 Å². The minimum absolute atomic E-state index is 0.0891. The van der Waals surface area contributed by atoms with Crippen molar-refractivity contribution in [3.63, 3.8) is 0 Å². The van der Waals surface area contributed by atoms with Crippen molar-refractivity contribution in [3.05, 3.63) is 64.4 Å². The summed E-state index contributed by atoms with van der Waals surface area (Å²) in [5.74, 6) is 0.274. The molecule has 7 heteroatoms. The van der Waals surface area contributed by atoms with Crippen LogP contribution in [0.15, 0.2) is 53.0 Å². The Morgan fingerprint density at radius 3 is 2.33 bits per heavy atom. The van der Waals surface area contributed by atoms with Crippen LogP contribution in [0.5, 0.6) is 5.75 Å². The molecule has 0 aromatic heterocycles. The van der Waals surface area contributed by atoms with Crippen molar-refractivity contribution < 1.29 is 19.0 Å². The minimum Gasteiger partial charge on any atom is -0.491 e. The Kier molecular flexibility index (Phi) is 6.82. The molecular weight excluding hydrogens is 415 g/mol. The number of aliphatic hydroxyl groups excluding tert-OH is 1. The van der Waals surface area contributed by atoms with Gasteiger partial charge >= 0.3 is 0 Å². The summed E-state index contributed by atoms with van der Waals surface area (Å²) in [5.41, 5.74) is 0.493. The molecule has 1 aliphatic rings. The number of carbonyl (C=O) groups is 1. The third kappa shape index (κ3) is 5.76. The van der Waals surface area contributed by atoms with E-state index in [1.165, 1.54) is 24.3 Å². The maximum atomic E-state index is 13.0. The average Bonchev–Trinajstić information content (AvgIpc) is 2.68. The number of carbonyl (C=O) groups excluding carboxylic acids is 1. The van der Waals surface area contributed by atoms with E-state index in [0.29, 0.717) is 44.0 Å². The smallest absolute Gasteiger partial charge is 0.253 e. The molecule has 0 bridgehead atoms. The molecule has 0 saturated carbocycles. The van der Waals surface area contributed by atoms with Crippen molar-refractivity contribution in [3.8, 4) is 5.75 Å². The monoisotopic (exact) mass is 436 g/mol. The first-order valence-electron chi connectivity index (χ1n) is 8.85. The largest absolute Gasteiger partial charge is 0.491 e. The zero-order valence-electron chi connectivity index (χ0n) is 14.9. The van der Waals surface area contributed by atoms with E-state index in [2.05, 4.69) is 20.8 Å². The zero-order chi connectivity index (χ0) is 19.2. The molecule has 0 radical (unpaired) electrons. The van der Waals surface area contributed by atoms with Gasteiger partial charge in [-0.25, -0.2) is 4.39 Å². The van der Waals surface area contributed by atoms with Crippen LogP contribution in [0.25, 0.3) is 0 Å². The van der Waals surface area contributed by atoms with Gasteiger partial charge in [-0.2, -0.15) is 0 Å². The van der Waals surface area contributed by atoms with Crippen molar-refractivity contribution >= 4 is 21.8 Å². The molecule has 0 spiro atoms. The number of nitrogens with zero attached hydrogens (tertiary/aromatic N) is 2. The molecule has 0 aliphatic carbocycles. The van der Waals surface area contributed by atoms with Gasteiger partial charge in [-0.15, -0.1) is 0 Å². The molecule has 1 saturated heterocycles. The summed E-state index contributed by atoms with van der Waals surface area (Å²) in [6, 6.07) is 13.1. The molecule has 1 N–H and O–H groups in total. The highest BCUT2D eigenvalue weighted by atomic mass is 79.9. The lowest BCUT2D eigenvalue weighted by atomic mass is 10.1. The van der Waals surface area contributed by atoms with E-state index in [1.54, 1.807) is 4.90 Å². The first-order chi connectivity index (χ1) is 13.0. The number of benzene rings is 2. The van der Waals surface area contributed by atoms with Crippen molar-refractivity contribution in [2.24, 2.45) is 0 Å². The van der Waals surface area contributed by atoms with E-state index in [1.807, 2.05) is 24.3 Å². The molecule has 144 valence electrons. The van der Waals surface area contributed by atoms with Crippen LogP contribution in [0.2, 0.25) is 0 Å². The second kappa shape index (κ2) is 9.30. The number of aliphatic hydroxyl groups is 1. The van der Waals surface area contributed by atoms with Crippen LogP contribution in [0, 0.1) is 5.82 Å². The Labute approximate surface area is 166 Å². The van der Waals surface area contributed by atoms with Crippen LogP contribution in [0.4, 0.5) is 4.39 Å². The summed E-state index contributed by atoms with van der Waals surface area (Å²) in [7, 11) is 0. The van der Waals surface area contributed by atoms with Crippen LogP contribution in [-0.2, 0) is 0 Å². The normalized spacial score (nSPS) is 16.2. The molecule has 0 unspecified atom stereocenters. The Balaban J connectivity index is 1.41. The Bertz CT molecular complexity index is 747. The molecule has 1 amide bonds. The van der Waals surface area contributed by atoms with Gasteiger partial charge in [0.25, 0.3) is 5.91 Å². The third-order valence-corrected chi connectivity index (χ3v) is 5.00. The number of hydrogen-bond donors (Lipinski definition) is 1. The predicted molar refractivity (Wildman–Crippen MR) is 104 cm³/mol. The number of rotatable bonds is 6. The van der Waals surface area contributed by atoms with E-state index in [4.69, 9.17) is 4.74 Å². The second-order valence-corrected chi connectivity index (χ2v) is 7.43. The van der Waals surface area contributed by atoms with E-state index in [0.717, 1.165) is 4.47 Å². The molecule has 27 heavy (non-hydrogen) atoms. The maximum Gasteiger partial charge on any atom is 0.253 e. The number of halogens is 2. The van der Waals surface area contributed by atoms with Gasteiger partial charge in [0.1, 0.15) is 24.3 Å². The molecule has 1 fully saturated rings. The number of amides is 1. The highest BCUT2D eigenvalue weighted by molar-refractivity contribution is 9.10. The van der Waals surface area contributed by atoms with Crippen LogP contribution >= 0.6 is 15.9 Å². The average molecular weight is 437 g/mol. The van der Waals surface area contributed by atoms with Gasteiger partial charge < -0.3 is 14.7 Å². The molecule has 2 aromatic rings. The van der Waals surface area contributed by atoms with Gasteiger partial charge in [0.15, 0.2) is 0 Å². The van der Waals surface area contributed by atoms with Gasteiger partial charge in [0.05, 0.1) is 0 Å². The van der Waals surface area contributed by atoms with Crippen LogP contribution in [0.3, 0.4) is 0 Å². The first kappa shape index (κ1) is 19.8. The highest BCUT2D eigenvalue weighted by Gasteiger charge is 2.23. The summed E-state index contributed by atoms with van der Waals surface area (Å²) in [4.78, 5) is 16.3. The van der Waals surface area contributed by atoms with Gasteiger partial charge in [-0.1, -0.05) is 15.9 Å². The van der Waals surface area contributed by atoms with Crippen molar-refractivity contribution in [1.29, 1.82) is 0 Å². The molecule has 3 rings (SSSR count). The van der Waals surface area contributed by atoms with Gasteiger partial charge in [0, 0.05) is 42.8 Å². The highest BCUT2D eigenvalue weighted by Crippen LogP contribution is 2.16. The van der Waals surface area contributed by atoms with Crippen molar-refractivity contribution in [2.75, 3.05) is 39.3 Å². The standard InChI is InChI=1S/C20H22BrFN2O3/c21-16-3-7-19(8-4-16)27-14-18(25)13-23-9-11-24(12-10-23)20(26)15-1-5-17(22)6-2-15/h1-8,18,25H,9-14H2/t18-/m1/s1. The van der Waals surface area contributed by atoms with E-state index < -0.39 is 6.10 Å². The second-order valence-electron chi connectivity index (χ2n) is 6.52. The molecule has 1 aliphatic heterocycles. The maximum absolute atomic E-state index is 13.0. The fraction of sp³-hybridized carbons (Fsp3) is 0.350. The lowest BCUT2D eigenvalue weighted by Crippen LogP contribution is -2.50. The molecule has 1 heterocycles. The number of β-amino-alcohol motifs (C(OH)–C–C–N with tert-alkyl or cyclic N) is 1. The Hall–Kier alpha value is -1.96. The first-order valence-corrected chi connectivity index (χ1v) is 9.64. The third-order valence-electron chi connectivity index (χ3n) is 4.48. The lowest BCUT2D eigenvalue weighted by molar-refractivity contribution is 0.0403. The van der Waals surface area contributed by atoms with E-state index in [9.17, 15) is 14.3 Å². The van der Waals surface area contributed by atoms with E-state index in [-0.39, 0.29) is 18.3 Å². The number of piperazine rings is 1. The topological polar surface area (TPSA) is 53.0 Å². The fourth-order valence-electron chi connectivity index (χ4n) is 2.98. The number of hydrogen-bond acceptors (Lipinski definition) is 4. The van der Waals surface area contributed by atoms with Crippen molar-refractivity contribution in [1.82, 2.24) is 9.80 Å². The Morgan fingerprint density at radius 2 is 1.70 bits per heavy atom.